The van der Waals surface area contributed by atoms with Gasteiger partial charge in [-0.15, -0.1) is 19.0 Å². The number of halogens is 2. The Morgan fingerprint density at radius 1 is 1.61 bits per heavy atom. The number of nitrogens with two attached hydrogens (primary N) is 1. The van der Waals surface area contributed by atoms with Crippen molar-refractivity contribution in [2.45, 2.75) is 0 Å². The predicted molar refractivity (Wildman–Crippen MR) is 76.8 cm³/mol. The number of rotatable bonds is 4. The number of hydrogen-bond donors (Lipinski definition) is 1. The fourth-order valence-corrected chi connectivity index (χ4v) is 1.55. The number of nitrogen functional groups attached to an aromatic ring is 1. The van der Waals surface area contributed by atoms with Crippen LogP contribution in [0.5, 0.6) is 5.75 Å². The lowest BCUT2D eigenvalue weighted by Crippen LogP contribution is -2.27. The maximum absolute atomic E-state index is 12.1. The molecule has 1 amide bonds. The third-order valence-corrected chi connectivity index (χ3v) is 2.63. The number of benzene rings is 1. The number of ether oxygens (including phenoxy) is 1. The number of carbonyl (C=O) groups is 1. The molecule has 0 saturated heterocycles. The number of carbonyl (C=O) groups excluding carboxylic acids is 1. The zero-order valence-corrected chi connectivity index (χ0v) is 11.8. The average molecular weight is 291 g/mol. The molecule has 0 heterocycles. The van der Waals surface area contributed by atoms with Crippen molar-refractivity contribution in [1.29, 1.82) is 0 Å². The van der Waals surface area contributed by atoms with Gasteiger partial charge in [-0.1, -0.05) is 17.7 Å². The smallest absolute Gasteiger partial charge is 0.257 e. The van der Waals surface area contributed by atoms with Gasteiger partial charge < -0.3 is 15.4 Å². The van der Waals surface area contributed by atoms with Crippen LogP contribution in [0.2, 0.25) is 5.02 Å². The quantitative estimate of drug-likeness (QED) is 0.685. The van der Waals surface area contributed by atoms with E-state index in [-0.39, 0.29) is 18.3 Å². The van der Waals surface area contributed by atoms with E-state index < -0.39 is 0 Å². The molecule has 1 aromatic carbocycles. The summed E-state index contributed by atoms with van der Waals surface area (Å²) in [7, 11) is 3.15. The van der Waals surface area contributed by atoms with Gasteiger partial charge in [0, 0.05) is 19.7 Å². The number of nitrogens with zero attached hydrogens (tertiary/aromatic N) is 1. The van der Waals surface area contributed by atoms with Gasteiger partial charge in [0.15, 0.2) is 0 Å². The molecule has 4 nitrogen and oxygen atoms in total. The normalized spacial score (nSPS) is 9.28. The molecule has 0 aromatic heterocycles. The van der Waals surface area contributed by atoms with Crippen molar-refractivity contribution in [2.24, 2.45) is 0 Å². The van der Waals surface area contributed by atoms with Crippen LogP contribution >= 0.6 is 24.0 Å². The van der Waals surface area contributed by atoms with Crippen LogP contribution in [0.4, 0.5) is 5.69 Å². The molecule has 0 fully saturated rings. The molecule has 0 aliphatic heterocycles. The summed E-state index contributed by atoms with van der Waals surface area (Å²) in [6.45, 7) is 4.03. The number of methoxy groups -OCH3 is 1. The van der Waals surface area contributed by atoms with Crippen molar-refractivity contribution in [3.05, 3.63) is 35.4 Å². The van der Waals surface area contributed by atoms with Crippen LogP contribution in [0.15, 0.2) is 24.8 Å². The van der Waals surface area contributed by atoms with Crippen LogP contribution in [-0.2, 0) is 0 Å². The minimum absolute atomic E-state index is 0. The Hall–Kier alpha value is -1.39. The van der Waals surface area contributed by atoms with E-state index in [2.05, 4.69) is 6.58 Å². The molecule has 100 valence electrons. The maximum atomic E-state index is 12.1. The Morgan fingerprint density at radius 2 is 2.22 bits per heavy atom. The van der Waals surface area contributed by atoms with E-state index in [1.807, 2.05) is 0 Å². The first-order chi connectivity index (χ1) is 8.01. The van der Waals surface area contributed by atoms with E-state index in [1.165, 1.54) is 24.1 Å². The minimum atomic E-state index is -0.191. The van der Waals surface area contributed by atoms with Gasteiger partial charge in [-0.3, -0.25) is 4.79 Å². The highest BCUT2D eigenvalue weighted by Crippen LogP contribution is 2.29. The van der Waals surface area contributed by atoms with E-state index >= 15 is 0 Å². The first-order valence-electron chi connectivity index (χ1n) is 5.00. The molecule has 2 N–H and O–H groups in total. The van der Waals surface area contributed by atoms with Crippen LogP contribution in [0, 0.1) is 0 Å². The monoisotopic (exact) mass is 290 g/mol. The SMILES string of the molecule is C=CCN(C)C(=O)c1cc(Cl)c(N)cc1OC.Cl. The third-order valence-electron chi connectivity index (χ3n) is 2.30. The van der Waals surface area contributed by atoms with Crippen molar-refractivity contribution < 1.29 is 9.53 Å². The number of amides is 1. The summed E-state index contributed by atoms with van der Waals surface area (Å²) in [6.07, 6.45) is 1.64. The molecule has 0 bridgehead atoms. The molecule has 0 atom stereocenters. The van der Waals surface area contributed by atoms with Crippen molar-refractivity contribution >= 4 is 35.6 Å². The van der Waals surface area contributed by atoms with Gasteiger partial charge in [-0.25, -0.2) is 0 Å². The lowest BCUT2D eigenvalue weighted by molar-refractivity contribution is 0.0807. The Morgan fingerprint density at radius 3 is 2.72 bits per heavy atom. The molecule has 0 unspecified atom stereocenters. The van der Waals surface area contributed by atoms with E-state index in [9.17, 15) is 4.79 Å². The van der Waals surface area contributed by atoms with E-state index in [0.29, 0.717) is 28.6 Å². The first kappa shape index (κ1) is 16.6. The van der Waals surface area contributed by atoms with E-state index in [4.69, 9.17) is 22.1 Å². The third kappa shape index (κ3) is 3.55. The van der Waals surface area contributed by atoms with Crippen molar-refractivity contribution in [2.75, 3.05) is 26.4 Å². The summed E-state index contributed by atoms with van der Waals surface area (Å²) in [4.78, 5) is 13.6. The van der Waals surface area contributed by atoms with Crippen molar-refractivity contribution in [3.8, 4) is 5.75 Å². The summed E-state index contributed by atoms with van der Waals surface area (Å²) >= 11 is 5.90. The average Bonchev–Trinajstić information content (AvgIpc) is 2.31. The summed E-state index contributed by atoms with van der Waals surface area (Å²) in [5, 5.41) is 0.334. The molecule has 0 spiro atoms. The predicted octanol–water partition coefficient (Wildman–Crippen LogP) is 2.61. The molecule has 1 aromatic rings. The Labute approximate surface area is 118 Å². The van der Waals surface area contributed by atoms with Crippen LogP contribution < -0.4 is 10.5 Å². The Kier molecular flexibility index (Phi) is 6.58. The fraction of sp³-hybridized carbons (Fsp3) is 0.250. The minimum Gasteiger partial charge on any atom is -0.496 e. The highest BCUT2D eigenvalue weighted by molar-refractivity contribution is 6.33. The van der Waals surface area contributed by atoms with Crippen molar-refractivity contribution in [3.63, 3.8) is 0 Å². The van der Waals surface area contributed by atoms with Gasteiger partial charge >= 0.3 is 0 Å². The zero-order chi connectivity index (χ0) is 13.0. The molecule has 0 radical (unpaired) electrons. The van der Waals surface area contributed by atoms with Gasteiger partial charge in [-0.05, 0) is 6.07 Å². The van der Waals surface area contributed by atoms with Gasteiger partial charge in [0.05, 0.1) is 23.4 Å². The number of likely N-dealkylation sites (N-methyl/N-ethyl adjacent to an activating group) is 1. The molecule has 6 heteroatoms. The van der Waals surface area contributed by atoms with Crippen molar-refractivity contribution in [1.82, 2.24) is 4.90 Å². The van der Waals surface area contributed by atoms with E-state index in [0.717, 1.165) is 0 Å². The second-order valence-corrected chi connectivity index (χ2v) is 3.96. The maximum Gasteiger partial charge on any atom is 0.257 e. The summed E-state index contributed by atoms with van der Waals surface area (Å²) in [5.74, 6) is 0.219. The van der Waals surface area contributed by atoms with Crippen LogP contribution in [0.3, 0.4) is 0 Å². The highest BCUT2D eigenvalue weighted by atomic mass is 35.5. The summed E-state index contributed by atoms with van der Waals surface area (Å²) in [5.41, 5.74) is 6.41. The molecule has 0 saturated carbocycles. The second-order valence-electron chi connectivity index (χ2n) is 3.55. The molecule has 0 aliphatic carbocycles. The first-order valence-corrected chi connectivity index (χ1v) is 5.38. The molecule has 18 heavy (non-hydrogen) atoms. The lowest BCUT2D eigenvalue weighted by atomic mass is 10.1. The molecule has 1 rings (SSSR count). The molecule has 0 aliphatic rings. The number of hydrogen-bond acceptors (Lipinski definition) is 3. The van der Waals surface area contributed by atoms with Gasteiger partial charge in [-0.2, -0.15) is 0 Å². The topological polar surface area (TPSA) is 55.6 Å². The number of anilines is 1. The Bertz CT molecular complexity index is 450. The lowest BCUT2D eigenvalue weighted by Gasteiger charge is -2.17. The van der Waals surface area contributed by atoms with Crippen LogP contribution in [0.25, 0.3) is 0 Å². The van der Waals surface area contributed by atoms with Crippen LogP contribution in [-0.4, -0.2) is 31.5 Å². The van der Waals surface area contributed by atoms with Gasteiger partial charge in [0.2, 0.25) is 0 Å². The van der Waals surface area contributed by atoms with E-state index in [1.54, 1.807) is 13.1 Å². The van der Waals surface area contributed by atoms with Gasteiger partial charge in [0.1, 0.15) is 5.75 Å². The second kappa shape index (κ2) is 7.13. The Balaban J connectivity index is 0.00000289. The molecular formula is C12H16Cl2N2O2. The summed E-state index contributed by atoms with van der Waals surface area (Å²) < 4.78 is 5.12. The van der Waals surface area contributed by atoms with Crippen LogP contribution in [0.1, 0.15) is 10.4 Å². The fourth-order valence-electron chi connectivity index (χ4n) is 1.39. The largest absolute Gasteiger partial charge is 0.496 e. The summed E-state index contributed by atoms with van der Waals surface area (Å²) in [6, 6.07) is 3.05. The van der Waals surface area contributed by atoms with Gasteiger partial charge in [0.25, 0.3) is 5.91 Å². The molecular weight excluding hydrogens is 275 g/mol. The zero-order valence-electron chi connectivity index (χ0n) is 10.3. The highest BCUT2D eigenvalue weighted by Gasteiger charge is 2.17. The standard InChI is InChI=1S/C12H15ClN2O2.ClH/c1-4-5-15(2)12(16)8-6-9(13)10(14)7-11(8)17-3;/h4,6-7H,1,5,14H2,2-3H3;1H.